The van der Waals surface area contributed by atoms with Crippen molar-refractivity contribution in [2.45, 2.75) is 0 Å². The lowest BCUT2D eigenvalue weighted by molar-refractivity contribution is 0.602. The fourth-order valence-electron chi connectivity index (χ4n) is 2.49. The van der Waals surface area contributed by atoms with Gasteiger partial charge in [-0.15, -0.1) is 0 Å². The highest BCUT2D eigenvalue weighted by Crippen LogP contribution is 2.23. The van der Waals surface area contributed by atoms with Crippen LogP contribution in [0.2, 0.25) is 0 Å². The van der Waals surface area contributed by atoms with E-state index >= 15 is 0 Å². The summed E-state index contributed by atoms with van der Waals surface area (Å²) in [6.07, 6.45) is 3.27. The van der Waals surface area contributed by atoms with Gasteiger partial charge < -0.3 is 4.42 Å². The van der Waals surface area contributed by atoms with E-state index in [2.05, 4.69) is 27.6 Å². The van der Waals surface area contributed by atoms with Crippen LogP contribution in [-0.4, -0.2) is 11.2 Å². The number of aromatic nitrogens is 1. The van der Waals surface area contributed by atoms with Crippen molar-refractivity contribution in [2.24, 2.45) is 5.10 Å². The SMILES string of the molecule is C(=NNc1ccccc1)c1ccc(-c2ccc3ocnc3c2)cc1. The standard InChI is InChI=1S/C20H15N3O/c1-2-4-18(5-3-1)23-22-13-15-6-8-16(9-7-15)17-10-11-20-19(12-17)21-14-24-20/h1-14,23H. The minimum absolute atomic E-state index is 0.800. The number of benzene rings is 3. The number of para-hydroxylation sites is 1. The maximum Gasteiger partial charge on any atom is 0.181 e. The van der Waals surface area contributed by atoms with Crippen LogP contribution in [0, 0.1) is 0 Å². The second-order valence-corrected chi connectivity index (χ2v) is 5.39. The van der Waals surface area contributed by atoms with E-state index < -0.39 is 0 Å². The summed E-state index contributed by atoms with van der Waals surface area (Å²) in [5.41, 5.74) is 8.92. The molecule has 0 saturated heterocycles. The van der Waals surface area contributed by atoms with Crippen LogP contribution < -0.4 is 5.43 Å². The zero-order chi connectivity index (χ0) is 16.2. The van der Waals surface area contributed by atoms with Gasteiger partial charge in [-0.05, 0) is 41.0 Å². The van der Waals surface area contributed by atoms with E-state index in [1.54, 1.807) is 6.21 Å². The number of rotatable bonds is 4. The van der Waals surface area contributed by atoms with Crippen LogP contribution in [0.4, 0.5) is 5.69 Å². The van der Waals surface area contributed by atoms with Crippen LogP contribution in [0.25, 0.3) is 22.2 Å². The largest absolute Gasteiger partial charge is 0.443 e. The van der Waals surface area contributed by atoms with Gasteiger partial charge in [-0.1, -0.05) is 48.5 Å². The first-order valence-electron chi connectivity index (χ1n) is 7.66. The summed E-state index contributed by atoms with van der Waals surface area (Å²) < 4.78 is 5.27. The predicted octanol–water partition coefficient (Wildman–Crippen LogP) is 4.94. The number of fused-ring (bicyclic) bond motifs is 1. The summed E-state index contributed by atoms with van der Waals surface area (Å²) in [6.45, 7) is 0. The maximum absolute atomic E-state index is 5.27. The molecule has 4 rings (SSSR count). The molecule has 0 unspecified atom stereocenters. The molecule has 0 fully saturated rings. The van der Waals surface area contributed by atoms with Gasteiger partial charge in [0.25, 0.3) is 0 Å². The van der Waals surface area contributed by atoms with Crippen LogP contribution >= 0.6 is 0 Å². The average molecular weight is 313 g/mol. The van der Waals surface area contributed by atoms with Gasteiger partial charge in [-0.25, -0.2) is 4.98 Å². The molecule has 4 heteroatoms. The second kappa shape index (κ2) is 6.38. The smallest absolute Gasteiger partial charge is 0.181 e. The first kappa shape index (κ1) is 14.2. The third kappa shape index (κ3) is 3.03. The van der Waals surface area contributed by atoms with Crippen LogP contribution in [0.1, 0.15) is 5.56 Å². The first-order chi connectivity index (χ1) is 11.9. The van der Waals surface area contributed by atoms with Gasteiger partial charge in [0, 0.05) is 0 Å². The summed E-state index contributed by atoms with van der Waals surface area (Å²) in [6, 6.07) is 24.1. The maximum atomic E-state index is 5.27. The van der Waals surface area contributed by atoms with Gasteiger partial charge in [-0.3, -0.25) is 5.43 Å². The molecule has 0 aliphatic carbocycles. The number of hydrogen-bond donors (Lipinski definition) is 1. The molecule has 0 bridgehead atoms. The number of hydrogen-bond acceptors (Lipinski definition) is 4. The van der Waals surface area contributed by atoms with Gasteiger partial charge in [0.15, 0.2) is 12.0 Å². The second-order valence-electron chi connectivity index (χ2n) is 5.39. The summed E-state index contributed by atoms with van der Waals surface area (Å²) in [5.74, 6) is 0. The highest BCUT2D eigenvalue weighted by Gasteiger charge is 2.02. The molecule has 4 aromatic rings. The lowest BCUT2D eigenvalue weighted by Crippen LogP contribution is -1.90. The summed E-state index contributed by atoms with van der Waals surface area (Å²) >= 11 is 0. The fraction of sp³-hybridized carbons (Fsp3) is 0. The number of nitrogens with zero attached hydrogens (tertiary/aromatic N) is 2. The Morgan fingerprint density at radius 1 is 0.875 bits per heavy atom. The highest BCUT2D eigenvalue weighted by molar-refractivity contribution is 5.83. The van der Waals surface area contributed by atoms with E-state index in [-0.39, 0.29) is 0 Å². The van der Waals surface area contributed by atoms with E-state index in [4.69, 9.17) is 4.42 Å². The van der Waals surface area contributed by atoms with Crippen molar-refractivity contribution < 1.29 is 4.42 Å². The first-order valence-corrected chi connectivity index (χ1v) is 7.66. The Kier molecular flexibility index (Phi) is 3.78. The van der Waals surface area contributed by atoms with E-state index in [1.807, 2.05) is 60.7 Å². The lowest BCUT2D eigenvalue weighted by Gasteiger charge is -2.02. The summed E-state index contributed by atoms with van der Waals surface area (Å²) in [4.78, 5) is 4.20. The van der Waals surface area contributed by atoms with Crippen molar-refractivity contribution in [3.8, 4) is 11.1 Å². The summed E-state index contributed by atoms with van der Waals surface area (Å²) in [5, 5.41) is 4.25. The lowest BCUT2D eigenvalue weighted by atomic mass is 10.0. The molecule has 0 saturated carbocycles. The summed E-state index contributed by atoms with van der Waals surface area (Å²) in [7, 11) is 0. The highest BCUT2D eigenvalue weighted by atomic mass is 16.3. The van der Waals surface area contributed by atoms with Gasteiger partial charge in [0.1, 0.15) is 5.52 Å². The predicted molar refractivity (Wildman–Crippen MR) is 97.1 cm³/mol. The van der Waals surface area contributed by atoms with Crippen LogP contribution in [-0.2, 0) is 0 Å². The molecule has 3 aromatic carbocycles. The van der Waals surface area contributed by atoms with Gasteiger partial charge in [0.05, 0.1) is 11.9 Å². The molecule has 0 atom stereocenters. The molecule has 4 nitrogen and oxygen atoms in total. The number of anilines is 1. The molecule has 0 aliphatic rings. The van der Waals surface area contributed by atoms with Crippen molar-refractivity contribution in [1.29, 1.82) is 0 Å². The van der Waals surface area contributed by atoms with Gasteiger partial charge in [0.2, 0.25) is 0 Å². The molecule has 1 heterocycles. The number of nitrogens with one attached hydrogen (secondary N) is 1. The number of oxazole rings is 1. The minimum Gasteiger partial charge on any atom is -0.443 e. The van der Waals surface area contributed by atoms with Crippen LogP contribution in [0.3, 0.4) is 0 Å². The molecular formula is C20H15N3O. The van der Waals surface area contributed by atoms with Crippen molar-refractivity contribution in [1.82, 2.24) is 4.98 Å². The Hall–Kier alpha value is -3.40. The topological polar surface area (TPSA) is 50.4 Å². The Bertz CT molecular complexity index is 973. The third-order valence-corrected chi connectivity index (χ3v) is 3.76. The van der Waals surface area contributed by atoms with Crippen LogP contribution in [0.15, 0.2) is 88.7 Å². The monoisotopic (exact) mass is 313 g/mol. The van der Waals surface area contributed by atoms with E-state index in [1.165, 1.54) is 6.39 Å². The van der Waals surface area contributed by atoms with Gasteiger partial charge >= 0.3 is 0 Å². The molecule has 0 radical (unpaired) electrons. The van der Waals surface area contributed by atoms with Gasteiger partial charge in [-0.2, -0.15) is 5.10 Å². The Labute approximate surface area is 139 Å². The van der Waals surface area contributed by atoms with Crippen molar-refractivity contribution in [2.75, 3.05) is 5.43 Å². The molecular weight excluding hydrogens is 298 g/mol. The quantitative estimate of drug-likeness (QED) is 0.429. The Morgan fingerprint density at radius 3 is 2.50 bits per heavy atom. The molecule has 1 N–H and O–H groups in total. The van der Waals surface area contributed by atoms with Crippen LogP contribution in [0.5, 0.6) is 0 Å². The zero-order valence-electron chi connectivity index (χ0n) is 12.9. The van der Waals surface area contributed by atoms with Crippen molar-refractivity contribution >= 4 is 23.0 Å². The molecule has 116 valence electrons. The van der Waals surface area contributed by atoms with Crippen molar-refractivity contribution in [3.63, 3.8) is 0 Å². The Balaban J connectivity index is 1.49. The van der Waals surface area contributed by atoms with E-state index in [9.17, 15) is 0 Å². The molecule has 0 spiro atoms. The molecule has 24 heavy (non-hydrogen) atoms. The molecule has 1 aromatic heterocycles. The zero-order valence-corrected chi connectivity index (χ0v) is 12.9. The third-order valence-electron chi connectivity index (χ3n) is 3.76. The fourth-order valence-corrected chi connectivity index (χ4v) is 2.49. The van der Waals surface area contributed by atoms with E-state index in [0.29, 0.717) is 0 Å². The molecule has 0 amide bonds. The molecule has 0 aliphatic heterocycles. The number of hydrazone groups is 1. The van der Waals surface area contributed by atoms with Crippen molar-refractivity contribution in [3.05, 3.63) is 84.8 Å². The normalized spacial score (nSPS) is 11.2. The minimum atomic E-state index is 0.800. The Morgan fingerprint density at radius 2 is 1.67 bits per heavy atom. The average Bonchev–Trinajstić information content (AvgIpc) is 3.11. The van der Waals surface area contributed by atoms with E-state index in [0.717, 1.165) is 33.5 Å².